The summed E-state index contributed by atoms with van der Waals surface area (Å²) in [7, 11) is 0. The van der Waals surface area contributed by atoms with Crippen molar-refractivity contribution in [1.29, 1.82) is 0 Å². The maximum Gasteiger partial charge on any atom is 0.254 e. The van der Waals surface area contributed by atoms with Crippen LogP contribution in [-0.4, -0.2) is 77.7 Å². The number of carbonyl (C=O) groups excluding carboxylic acids is 1. The number of benzene rings is 1. The molecule has 10 nitrogen and oxygen atoms in total. The highest BCUT2D eigenvalue weighted by Gasteiger charge is 2.47. The number of anilines is 1. The van der Waals surface area contributed by atoms with Crippen molar-refractivity contribution in [3.63, 3.8) is 0 Å². The van der Waals surface area contributed by atoms with Crippen molar-refractivity contribution in [2.45, 2.75) is 83.8 Å². The molecule has 6 rings (SSSR count). The van der Waals surface area contributed by atoms with Crippen LogP contribution in [0.1, 0.15) is 67.7 Å². The lowest BCUT2D eigenvalue weighted by Crippen LogP contribution is -2.48. The summed E-state index contributed by atoms with van der Waals surface area (Å²) in [6.07, 6.45) is 5.96. The fraction of sp³-hybridized carbons (Fsp3) is 0.528. The van der Waals surface area contributed by atoms with E-state index in [1.54, 1.807) is 0 Å². The van der Waals surface area contributed by atoms with Crippen LogP contribution in [0.3, 0.4) is 0 Å². The van der Waals surface area contributed by atoms with Crippen LogP contribution < -0.4 is 25.2 Å². The normalized spacial score (nSPS) is 23.3. The fourth-order valence-corrected chi connectivity index (χ4v) is 7.88. The number of nitrogens with one attached hydrogen (secondary N) is 2. The molecule has 0 saturated carbocycles. The molecule has 2 N–H and O–H groups in total. The number of ether oxygens (including phenoxy) is 3. The summed E-state index contributed by atoms with van der Waals surface area (Å²) in [5.74, 6) is 1.18. The molecular weight excluding hydrogens is 614 g/mol. The largest absolute Gasteiger partial charge is 0.448 e. The van der Waals surface area contributed by atoms with Gasteiger partial charge in [-0.25, -0.2) is 4.98 Å². The first-order chi connectivity index (χ1) is 22.5. The second kappa shape index (κ2) is 13.5. The molecule has 0 bridgehead atoms. The maximum atomic E-state index is 13.9. The zero-order chi connectivity index (χ0) is 33.5. The van der Waals surface area contributed by atoms with E-state index >= 15 is 0 Å². The third-order valence-corrected chi connectivity index (χ3v) is 10.6. The summed E-state index contributed by atoms with van der Waals surface area (Å²) >= 11 is 1.49. The third-order valence-electron chi connectivity index (χ3n) is 9.79. The van der Waals surface area contributed by atoms with Crippen LogP contribution in [0.15, 0.2) is 40.2 Å². The van der Waals surface area contributed by atoms with E-state index in [1.807, 2.05) is 57.5 Å². The van der Waals surface area contributed by atoms with Gasteiger partial charge in [0.1, 0.15) is 5.82 Å². The molecule has 3 aliphatic heterocycles. The van der Waals surface area contributed by atoms with Crippen LogP contribution in [0, 0.1) is 19.8 Å². The van der Waals surface area contributed by atoms with E-state index in [0.717, 1.165) is 73.1 Å². The second-order valence-corrected chi connectivity index (χ2v) is 14.1. The fourth-order valence-electron chi connectivity index (χ4n) is 7.17. The van der Waals surface area contributed by atoms with Crippen molar-refractivity contribution >= 4 is 23.5 Å². The van der Waals surface area contributed by atoms with Gasteiger partial charge in [-0.3, -0.25) is 9.59 Å². The summed E-state index contributed by atoms with van der Waals surface area (Å²) < 4.78 is 19.5. The molecule has 1 amide bonds. The SMILES string of the molecule is CCN1CCC([C@@]2(C)Oc3c(-c4ccc(N5C[C@@H](C)O[C@@H](C)C5)nc4)cc(C(=O)NCc4c(SC)cc(C)[nH]c4=O)c(C)c3O2)CC1. The second-order valence-electron chi connectivity index (χ2n) is 13.3. The number of aromatic nitrogens is 2. The minimum Gasteiger partial charge on any atom is -0.448 e. The Bertz CT molecular complexity index is 1680. The van der Waals surface area contributed by atoms with Gasteiger partial charge in [0.2, 0.25) is 0 Å². The van der Waals surface area contributed by atoms with Crippen LogP contribution in [0.25, 0.3) is 11.1 Å². The molecule has 0 spiro atoms. The van der Waals surface area contributed by atoms with Crippen molar-refractivity contribution in [2.75, 3.05) is 43.9 Å². The maximum absolute atomic E-state index is 13.9. The van der Waals surface area contributed by atoms with Crippen LogP contribution in [0.5, 0.6) is 11.5 Å². The molecule has 0 radical (unpaired) electrons. The number of rotatable bonds is 8. The summed E-state index contributed by atoms with van der Waals surface area (Å²) in [5.41, 5.74) is 3.89. The monoisotopic (exact) mass is 661 g/mol. The van der Waals surface area contributed by atoms with E-state index in [2.05, 4.69) is 40.9 Å². The number of hydrogen-bond donors (Lipinski definition) is 2. The number of aryl methyl sites for hydroxylation is 1. The molecule has 0 unspecified atom stereocenters. The standard InChI is InChI=1S/C36H47N5O5S/c1-8-40-13-11-26(12-14-40)36(6)45-32-24(5)27(34(42)38-18-29-30(47-7)15-21(2)39-35(29)43)16-28(33(32)46-36)25-9-10-31(37-17-25)41-19-22(3)44-23(4)20-41/h9-10,15-17,22-23,26H,8,11-14,18-20H2,1-7H3,(H,38,42)(H,39,43)/t22-,23+,36-/m1/s1. The number of thioether (sulfide) groups is 1. The number of likely N-dealkylation sites (tertiary alicyclic amines) is 1. The Balaban J connectivity index is 1.34. The molecule has 3 aliphatic rings. The van der Waals surface area contributed by atoms with Crippen LogP contribution in [0.4, 0.5) is 5.82 Å². The van der Waals surface area contributed by atoms with Gasteiger partial charge >= 0.3 is 0 Å². The minimum atomic E-state index is -0.854. The average Bonchev–Trinajstić information content (AvgIpc) is 3.43. The predicted octanol–water partition coefficient (Wildman–Crippen LogP) is 5.54. The Labute approximate surface area is 281 Å². The molecule has 2 saturated heterocycles. The van der Waals surface area contributed by atoms with E-state index < -0.39 is 5.79 Å². The lowest BCUT2D eigenvalue weighted by molar-refractivity contribution is -0.124. The molecular formula is C36H47N5O5S. The van der Waals surface area contributed by atoms with Gasteiger partial charge in [-0.2, -0.15) is 0 Å². The van der Waals surface area contributed by atoms with Crippen molar-refractivity contribution in [2.24, 2.45) is 5.92 Å². The van der Waals surface area contributed by atoms with Crippen molar-refractivity contribution < 1.29 is 19.0 Å². The Kier molecular flexibility index (Phi) is 9.60. The predicted molar refractivity (Wildman–Crippen MR) is 186 cm³/mol. The number of amides is 1. The van der Waals surface area contributed by atoms with Gasteiger partial charge in [0.25, 0.3) is 17.3 Å². The van der Waals surface area contributed by atoms with Gasteiger partial charge in [0.15, 0.2) is 11.5 Å². The zero-order valence-electron chi connectivity index (χ0n) is 28.6. The summed E-state index contributed by atoms with van der Waals surface area (Å²) in [6, 6.07) is 7.87. The zero-order valence-corrected chi connectivity index (χ0v) is 29.4. The number of carbonyl (C=O) groups is 1. The Morgan fingerprint density at radius 1 is 1.11 bits per heavy atom. The van der Waals surface area contributed by atoms with Gasteiger partial charge in [-0.1, -0.05) is 6.92 Å². The van der Waals surface area contributed by atoms with E-state index in [0.29, 0.717) is 28.2 Å². The lowest BCUT2D eigenvalue weighted by atomic mass is 9.89. The summed E-state index contributed by atoms with van der Waals surface area (Å²) in [5, 5.41) is 3.01. The molecule has 1 aromatic carbocycles. The number of H-pyrrole nitrogens is 1. The molecule has 2 aromatic heterocycles. The van der Waals surface area contributed by atoms with Gasteiger partial charge in [0, 0.05) is 77.1 Å². The van der Waals surface area contributed by atoms with Crippen molar-refractivity contribution in [3.05, 3.63) is 63.2 Å². The lowest BCUT2D eigenvalue weighted by Gasteiger charge is -2.38. The number of nitrogens with zero attached hydrogens (tertiary/aromatic N) is 3. The molecule has 0 aliphatic carbocycles. The number of fused-ring (bicyclic) bond motifs is 1. The van der Waals surface area contributed by atoms with Gasteiger partial charge in [-0.05, 0) is 90.7 Å². The number of hydrogen-bond acceptors (Lipinski definition) is 9. The van der Waals surface area contributed by atoms with E-state index in [1.165, 1.54) is 11.8 Å². The molecule has 5 heterocycles. The van der Waals surface area contributed by atoms with Crippen LogP contribution >= 0.6 is 11.8 Å². The molecule has 3 atom stereocenters. The first kappa shape index (κ1) is 33.4. The number of aromatic amines is 1. The molecule has 2 fully saturated rings. The number of pyridine rings is 2. The van der Waals surface area contributed by atoms with E-state index in [4.69, 9.17) is 19.2 Å². The number of morpholine rings is 1. The third kappa shape index (κ3) is 6.75. The van der Waals surface area contributed by atoms with Crippen LogP contribution in [0.2, 0.25) is 0 Å². The van der Waals surface area contributed by atoms with Gasteiger partial charge < -0.3 is 34.3 Å². The molecule has 47 heavy (non-hydrogen) atoms. The average molecular weight is 662 g/mol. The Morgan fingerprint density at radius 2 is 1.81 bits per heavy atom. The highest BCUT2D eigenvalue weighted by Crippen LogP contribution is 2.52. The van der Waals surface area contributed by atoms with E-state index in [-0.39, 0.29) is 36.1 Å². The van der Waals surface area contributed by atoms with Gasteiger partial charge in [0.05, 0.1) is 12.2 Å². The Morgan fingerprint density at radius 3 is 2.45 bits per heavy atom. The highest BCUT2D eigenvalue weighted by molar-refractivity contribution is 7.98. The minimum absolute atomic E-state index is 0.105. The van der Waals surface area contributed by atoms with E-state index in [9.17, 15) is 9.59 Å². The number of piperidine rings is 1. The van der Waals surface area contributed by atoms with Gasteiger partial charge in [-0.15, -0.1) is 11.8 Å². The Hall–Kier alpha value is -3.54. The van der Waals surface area contributed by atoms with Crippen molar-refractivity contribution in [1.82, 2.24) is 20.2 Å². The smallest absolute Gasteiger partial charge is 0.254 e. The van der Waals surface area contributed by atoms with Crippen LogP contribution in [-0.2, 0) is 11.3 Å². The quantitative estimate of drug-likeness (QED) is 0.301. The first-order valence-electron chi connectivity index (χ1n) is 16.7. The van der Waals surface area contributed by atoms with Crippen molar-refractivity contribution in [3.8, 4) is 22.6 Å². The first-order valence-corrected chi connectivity index (χ1v) is 17.9. The molecule has 252 valence electrons. The topological polar surface area (TPSA) is 109 Å². The summed E-state index contributed by atoms with van der Waals surface area (Å²) in [4.78, 5) is 39.9. The molecule has 3 aromatic rings. The molecule has 11 heteroatoms. The summed E-state index contributed by atoms with van der Waals surface area (Å²) in [6.45, 7) is 16.8. The highest BCUT2D eigenvalue weighted by atomic mass is 32.2.